The summed E-state index contributed by atoms with van der Waals surface area (Å²) < 4.78 is 38.5. The highest BCUT2D eigenvalue weighted by atomic mass is 19.4. The van der Waals surface area contributed by atoms with E-state index in [9.17, 15) is 13.2 Å². The van der Waals surface area contributed by atoms with Crippen LogP contribution in [0.5, 0.6) is 0 Å². The van der Waals surface area contributed by atoms with Crippen LogP contribution in [0.4, 0.5) is 13.2 Å². The van der Waals surface area contributed by atoms with Gasteiger partial charge in [-0.3, -0.25) is 5.41 Å². The summed E-state index contributed by atoms with van der Waals surface area (Å²) in [5, 5.41) is 7.14. The number of nitrogens with two attached hydrogens (primary N) is 1. The molecule has 0 aromatic heterocycles. The zero-order valence-electron chi connectivity index (χ0n) is 12.3. The van der Waals surface area contributed by atoms with Gasteiger partial charge in [-0.25, -0.2) is 0 Å². The summed E-state index contributed by atoms with van der Waals surface area (Å²) in [7, 11) is 0. The van der Waals surface area contributed by atoms with Gasteiger partial charge in [0.1, 0.15) is 11.8 Å². The fraction of sp³-hybridized carbons (Fsp3) is 0.929. The van der Waals surface area contributed by atoms with Crippen LogP contribution >= 0.6 is 0 Å². The zero-order chi connectivity index (χ0) is 15.5. The Morgan fingerprint density at radius 1 is 1.10 bits per heavy atom. The highest BCUT2D eigenvalue weighted by molar-refractivity contribution is 5.80. The number of nitrogens with zero attached hydrogens (tertiary/aromatic N) is 2. The van der Waals surface area contributed by atoms with E-state index in [1.165, 1.54) is 25.9 Å². The minimum Gasteiger partial charge on any atom is -0.387 e. The summed E-state index contributed by atoms with van der Waals surface area (Å²) in [6.45, 7) is 4.61. The molecule has 2 heterocycles. The van der Waals surface area contributed by atoms with E-state index in [4.69, 9.17) is 11.1 Å². The first-order valence-electron chi connectivity index (χ1n) is 7.71. The normalized spacial score (nSPS) is 24.3. The van der Waals surface area contributed by atoms with Gasteiger partial charge in [-0.05, 0) is 57.8 Å². The van der Waals surface area contributed by atoms with Crippen molar-refractivity contribution in [1.29, 1.82) is 5.41 Å². The lowest BCUT2D eigenvalue weighted by atomic mass is 9.95. The first-order valence-corrected chi connectivity index (χ1v) is 7.71. The van der Waals surface area contributed by atoms with E-state index >= 15 is 0 Å². The second kappa shape index (κ2) is 6.96. The molecule has 0 aromatic rings. The molecule has 0 bridgehead atoms. The monoisotopic (exact) mass is 306 g/mol. The van der Waals surface area contributed by atoms with Gasteiger partial charge in [0.15, 0.2) is 0 Å². The maximum Gasteiger partial charge on any atom is 0.399 e. The van der Waals surface area contributed by atoms with Gasteiger partial charge in [0.25, 0.3) is 0 Å². The molecule has 1 unspecified atom stereocenters. The molecule has 2 aliphatic heterocycles. The number of nitrogens with one attached hydrogen (secondary N) is 1. The Balaban J connectivity index is 1.76. The average Bonchev–Trinajstić information content (AvgIpc) is 2.89. The Morgan fingerprint density at radius 3 is 2.14 bits per heavy atom. The van der Waals surface area contributed by atoms with Crippen molar-refractivity contribution in [2.45, 2.75) is 31.9 Å². The summed E-state index contributed by atoms with van der Waals surface area (Å²) in [6, 6.07) is 0. The van der Waals surface area contributed by atoms with Gasteiger partial charge in [0, 0.05) is 13.1 Å². The summed E-state index contributed by atoms with van der Waals surface area (Å²) in [6.07, 6.45) is 0.00559. The minimum atomic E-state index is -4.42. The van der Waals surface area contributed by atoms with Crippen LogP contribution in [0.1, 0.15) is 25.7 Å². The van der Waals surface area contributed by atoms with Crippen molar-refractivity contribution in [3.63, 3.8) is 0 Å². The molecule has 0 aromatic carbocycles. The number of rotatable bonds is 5. The first-order chi connectivity index (χ1) is 9.86. The Bertz CT molecular complexity index is 345. The molecule has 2 rings (SSSR count). The number of likely N-dealkylation sites (tertiary alicyclic amines) is 2. The van der Waals surface area contributed by atoms with Crippen LogP contribution in [-0.4, -0.2) is 61.1 Å². The third kappa shape index (κ3) is 4.85. The van der Waals surface area contributed by atoms with Gasteiger partial charge >= 0.3 is 6.18 Å². The Hall–Kier alpha value is -0.820. The third-order valence-electron chi connectivity index (χ3n) is 4.63. The third-order valence-corrected chi connectivity index (χ3v) is 4.63. The van der Waals surface area contributed by atoms with Crippen LogP contribution in [0.15, 0.2) is 0 Å². The standard InChI is InChI=1S/C14H25F3N4/c15-14(16,17)12(13(18)19)10-21-7-3-11(4-8-21)9-20-5-1-2-6-20/h11-12H,1-10H2,(H3,18,19). The summed E-state index contributed by atoms with van der Waals surface area (Å²) >= 11 is 0. The molecular weight excluding hydrogens is 281 g/mol. The molecule has 2 aliphatic rings. The Morgan fingerprint density at radius 2 is 1.67 bits per heavy atom. The van der Waals surface area contributed by atoms with E-state index in [-0.39, 0.29) is 6.54 Å². The zero-order valence-corrected chi connectivity index (χ0v) is 12.3. The van der Waals surface area contributed by atoms with Gasteiger partial charge < -0.3 is 15.5 Å². The van der Waals surface area contributed by atoms with Crippen molar-refractivity contribution >= 4 is 5.84 Å². The first kappa shape index (κ1) is 16.5. The molecule has 21 heavy (non-hydrogen) atoms. The predicted octanol–water partition coefficient (Wildman–Crippen LogP) is 1.91. The van der Waals surface area contributed by atoms with Crippen molar-refractivity contribution in [2.24, 2.45) is 17.6 Å². The van der Waals surface area contributed by atoms with E-state index in [1.807, 2.05) is 0 Å². The summed E-state index contributed by atoms with van der Waals surface area (Å²) in [4.78, 5) is 4.27. The molecule has 0 spiro atoms. The molecule has 0 radical (unpaired) electrons. The Kier molecular flexibility index (Phi) is 5.48. The van der Waals surface area contributed by atoms with E-state index in [2.05, 4.69) is 4.90 Å². The van der Waals surface area contributed by atoms with E-state index in [0.717, 1.165) is 19.4 Å². The average molecular weight is 306 g/mol. The van der Waals surface area contributed by atoms with Crippen molar-refractivity contribution < 1.29 is 13.2 Å². The van der Waals surface area contributed by atoms with Crippen LogP contribution in [0.3, 0.4) is 0 Å². The van der Waals surface area contributed by atoms with Crippen molar-refractivity contribution in [3.8, 4) is 0 Å². The highest BCUT2D eigenvalue weighted by Crippen LogP contribution is 2.28. The molecule has 0 aliphatic carbocycles. The number of amidine groups is 1. The molecule has 1 atom stereocenters. The van der Waals surface area contributed by atoms with Gasteiger partial charge in [-0.2, -0.15) is 13.2 Å². The van der Waals surface area contributed by atoms with Gasteiger partial charge in [-0.15, -0.1) is 0 Å². The second-order valence-electron chi connectivity index (χ2n) is 6.30. The van der Waals surface area contributed by atoms with Crippen molar-refractivity contribution in [2.75, 3.05) is 39.3 Å². The molecule has 7 heteroatoms. The SMILES string of the molecule is N=C(N)C(CN1CCC(CN2CCCC2)CC1)C(F)(F)F. The molecule has 2 saturated heterocycles. The lowest BCUT2D eigenvalue weighted by molar-refractivity contribution is -0.160. The van der Waals surface area contributed by atoms with Crippen LogP contribution in [0.25, 0.3) is 0 Å². The fourth-order valence-electron chi connectivity index (χ4n) is 3.32. The molecule has 0 saturated carbocycles. The quantitative estimate of drug-likeness (QED) is 0.602. The van der Waals surface area contributed by atoms with Gasteiger partial charge in [-0.1, -0.05) is 0 Å². The maximum absolute atomic E-state index is 12.8. The lowest BCUT2D eigenvalue weighted by Crippen LogP contribution is -2.47. The molecule has 0 amide bonds. The largest absolute Gasteiger partial charge is 0.399 e. The fourth-order valence-corrected chi connectivity index (χ4v) is 3.32. The maximum atomic E-state index is 12.8. The molecule has 122 valence electrons. The minimum absolute atomic E-state index is 0.171. The summed E-state index contributed by atoms with van der Waals surface area (Å²) in [5.41, 5.74) is 5.11. The van der Waals surface area contributed by atoms with Gasteiger partial charge in [0.05, 0.1) is 0 Å². The Labute approximate surface area is 124 Å². The molecule has 3 N–H and O–H groups in total. The number of halogens is 3. The molecule has 2 fully saturated rings. The van der Waals surface area contributed by atoms with Crippen LogP contribution < -0.4 is 5.73 Å². The smallest absolute Gasteiger partial charge is 0.387 e. The van der Waals surface area contributed by atoms with E-state index in [1.54, 1.807) is 4.90 Å². The molecule has 4 nitrogen and oxygen atoms in total. The highest BCUT2D eigenvalue weighted by Gasteiger charge is 2.43. The number of alkyl halides is 3. The second-order valence-corrected chi connectivity index (χ2v) is 6.30. The van der Waals surface area contributed by atoms with Crippen molar-refractivity contribution in [1.82, 2.24) is 9.80 Å². The topological polar surface area (TPSA) is 56.4 Å². The van der Waals surface area contributed by atoms with Gasteiger partial charge in [0.2, 0.25) is 0 Å². The van der Waals surface area contributed by atoms with Crippen molar-refractivity contribution in [3.05, 3.63) is 0 Å². The predicted molar refractivity (Wildman–Crippen MR) is 76.3 cm³/mol. The van der Waals surface area contributed by atoms with Crippen LogP contribution in [0.2, 0.25) is 0 Å². The lowest BCUT2D eigenvalue weighted by Gasteiger charge is -2.35. The number of hydrogen-bond donors (Lipinski definition) is 2. The molecular formula is C14H25F3N4. The number of hydrogen-bond acceptors (Lipinski definition) is 3. The van der Waals surface area contributed by atoms with Crippen LogP contribution in [-0.2, 0) is 0 Å². The summed E-state index contributed by atoms with van der Waals surface area (Å²) in [5.74, 6) is -2.00. The van der Waals surface area contributed by atoms with E-state index in [0.29, 0.717) is 19.0 Å². The van der Waals surface area contributed by atoms with Crippen LogP contribution in [0, 0.1) is 17.2 Å². The van der Waals surface area contributed by atoms with E-state index < -0.39 is 17.9 Å². The number of piperidine rings is 1.